The number of benzene rings is 3. The molecule has 3 aromatic carbocycles. The molecule has 0 radical (unpaired) electrons. The van der Waals surface area contributed by atoms with E-state index in [0.717, 1.165) is 11.1 Å². The predicted molar refractivity (Wildman–Crippen MR) is 135 cm³/mol. The third-order valence-electron chi connectivity index (χ3n) is 5.44. The molecule has 2 N–H and O–H groups in total. The van der Waals surface area contributed by atoms with Crippen LogP contribution in [0.15, 0.2) is 91.0 Å². The maximum absolute atomic E-state index is 13.3. The monoisotopic (exact) mass is 498 g/mol. The maximum Gasteiger partial charge on any atom is 0.408 e. The van der Waals surface area contributed by atoms with Crippen LogP contribution in [0.1, 0.15) is 16.7 Å². The van der Waals surface area contributed by atoms with Gasteiger partial charge < -0.3 is 20.9 Å². The van der Waals surface area contributed by atoms with E-state index in [1.165, 1.54) is 0 Å². The normalized spacial score (nSPS) is 11.8. The Morgan fingerprint density at radius 1 is 0.730 bits per heavy atom. The zero-order valence-electron chi connectivity index (χ0n) is 19.9. The SMILES string of the molecule is [N-]=[N+]=CC(=O)C(=O)[C@H](Cc1ccccc1)NC(=O)[C@H](Cc1ccccc1)NC(=O)OCc1ccccc1. The summed E-state index contributed by atoms with van der Waals surface area (Å²) >= 11 is 0. The molecule has 9 heteroatoms. The number of ketones is 2. The molecule has 0 saturated carbocycles. The lowest BCUT2D eigenvalue weighted by atomic mass is 9.99. The topological polar surface area (TPSA) is 138 Å². The zero-order valence-corrected chi connectivity index (χ0v) is 19.9. The van der Waals surface area contributed by atoms with Crippen molar-refractivity contribution < 1.29 is 28.7 Å². The summed E-state index contributed by atoms with van der Waals surface area (Å²) in [5.74, 6) is -2.71. The highest BCUT2D eigenvalue weighted by Crippen LogP contribution is 2.08. The second-order valence-electron chi connectivity index (χ2n) is 8.17. The van der Waals surface area contributed by atoms with Crippen molar-refractivity contribution in [1.29, 1.82) is 0 Å². The molecule has 0 unspecified atom stereocenters. The Labute approximate surface area is 214 Å². The molecule has 0 bridgehead atoms. The molecular formula is C28H26N4O5. The van der Waals surface area contributed by atoms with Crippen LogP contribution in [-0.2, 0) is 38.6 Å². The van der Waals surface area contributed by atoms with Crippen molar-refractivity contribution >= 4 is 29.8 Å². The molecule has 0 aliphatic heterocycles. The fourth-order valence-corrected chi connectivity index (χ4v) is 3.59. The van der Waals surface area contributed by atoms with E-state index in [-0.39, 0.29) is 19.4 Å². The fourth-order valence-electron chi connectivity index (χ4n) is 3.59. The first-order valence-corrected chi connectivity index (χ1v) is 11.6. The van der Waals surface area contributed by atoms with Gasteiger partial charge in [-0.2, -0.15) is 4.79 Å². The molecule has 0 heterocycles. The van der Waals surface area contributed by atoms with Gasteiger partial charge in [-0.25, -0.2) is 4.79 Å². The quantitative estimate of drug-likeness (QED) is 0.171. The first kappa shape index (κ1) is 26.7. The van der Waals surface area contributed by atoms with E-state index in [4.69, 9.17) is 10.3 Å². The third-order valence-corrected chi connectivity index (χ3v) is 5.44. The number of amides is 2. The van der Waals surface area contributed by atoms with Gasteiger partial charge in [-0.3, -0.25) is 14.4 Å². The molecule has 0 saturated heterocycles. The van der Waals surface area contributed by atoms with Gasteiger partial charge in [-0.15, -0.1) is 0 Å². The van der Waals surface area contributed by atoms with Crippen LogP contribution in [0.2, 0.25) is 0 Å². The van der Waals surface area contributed by atoms with Gasteiger partial charge in [0, 0.05) is 12.8 Å². The van der Waals surface area contributed by atoms with Crippen molar-refractivity contribution in [3.05, 3.63) is 113 Å². The summed E-state index contributed by atoms with van der Waals surface area (Å²) in [7, 11) is 0. The van der Waals surface area contributed by atoms with Crippen LogP contribution in [0.5, 0.6) is 0 Å². The Morgan fingerprint density at radius 2 is 1.22 bits per heavy atom. The van der Waals surface area contributed by atoms with Crippen LogP contribution >= 0.6 is 0 Å². The number of rotatable bonds is 12. The van der Waals surface area contributed by atoms with Crippen molar-refractivity contribution in [2.45, 2.75) is 31.5 Å². The number of alkyl carbamates (subject to hydrolysis) is 1. The minimum Gasteiger partial charge on any atom is -0.445 e. The summed E-state index contributed by atoms with van der Waals surface area (Å²) in [6, 6.07) is 24.5. The van der Waals surface area contributed by atoms with Gasteiger partial charge in [0.2, 0.25) is 11.7 Å². The van der Waals surface area contributed by atoms with E-state index in [9.17, 15) is 19.2 Å². The first-order valence-electron chi connectivity index (χ1n) is 11.6. The molecule has 188 valence electrons. The molecule has 3 rings (SSSR count). The highest BCUT2D eigenvalue weighted by Gasteiger charge is 2.31. The van der Waals surface area contributed by atoms with Crippen molar-refractivity contribution in [2.75, 3.05) is 0 Å². The number of Topliss-reactive ketones (excluding diaryl/α,β-unsaturated/α-hetero) is 2. The van der Waals surface area contributed by atoms with E-state index in [1.807, 2.05) is 24.3 Å². The van der Waals surface area contributed by atoms with Gasteiger partial charge >= 0.3 is 18.1 Å². The molecule has 0 fully saturated rings. The minimum atomic E-state index is -1.25. The molecule has 3 aromatic rings. The standard InChI is InChI=1S/C28H26N4O5/c29-30-18-25(33)26(34)23(16-20-10-4-1-5-11-20)31-27(35)24(17-21-12-6-2-7-13-21)32-28(36)37-19-22-14-8-3-9-15-22/h1-15,18,23-24H,16-17,19H2,(H,31,35)(H,32,36)/t23-,24-/m0/s1. The molecule has 0 aromatic heterocycles. The van der Waals surface area contributed by atoms with Gasteiger partial charge in [-0.05, 0) is 16.7 Å². The van der Waals surface area contributed by atoms with Crippen molar-refractivity contribution in [3.63, 3.8) is 0 Å². The summed E-state index contributed by atoms with van der Waals surface area (Å²) in [6.07, 6.45) is -0.194. The van der Waals surface area contributed by atoms with Gasteiger partial charge in [-0.1, -0.05) is 91.0 Å². The fraction of sp³-hybridized carbons (Fsp3) is 0.179. The number of hydrogen-bond acceptors (Lipinski definition) is 5. The summed E-state index contributed by atoms with van der Waals surface area (Å²) < 4.78 is 5.27. The molecule has 9 nitrogen and oxygen atoms in total. The van der Waals surface area contributed by atoms with Gasteiger partial charge in [0.15, 0.2) is 0 Å². The van der Waals surface area contributed by atoms with Gasteiger partial charge in [0.1, 0.15) is 18.7 Å². The van der Waals surface area contributed by atoms with Crippen LogP contribution in [0.4, 0.5) is 4.79 Å². The highest BCUT2D eigenvalue weighted by atomic mass is 16.5. The number of carbonyl (C=O) groups is 4. The lowest BCUT2D eigenvalue weighted by Crippen LogP contribution is -2.54. The van der Waals surface area contributed by atoms with Crippen molar-refractivity contribution in [3.8, 4) is 0 Å². The van der Waals surface area contributed by atoms with E-state index in [0.29, 0.717) is 11.8 Å². The third kappa shape index (κ3) is 8.69. The molecule has 0 aliphatic rings. The molecule has 37 heavy (non-hydrogen) atoms. The van der Waals surface area contributed by atoms with E-state index >= 15 is 0 Å². The average molecular weight is 499 g/mol. The Morgan fingerprint density at radius 3 is 1.73 bits per heavy atom. The summed E-state index contributed by atoms with van der Waals surface area (Å²) in [5, 5.41) is 5.14. The Hall–Kier alpha value is -4.88. The van der Waals surface area contributed by atoms with Gasteiger partial charge in [0.05, 0.1) is 0 Å². The number of ether oxygens (including phenoxy) is 1. The second kappa shape index (κ2) is 13.9. The number of carbonyl (C=O) groups excluding carboxylic acids is 4. The predicted octanol–water partition coefficient (Wildman–Crippen LogP) is 2.69. The van der Waals surface area contributed by atoms with Crippen molar-refractivity contribution in [2.24, 2.45) is 0 Å². The van der Waals surface area contributed by atoms with Crippen LogP contribution in [0.3, 0.4) is 0 Å². The molecule has 0 aliphatic carbocycles. The largest absolute Gasteiger partial charge is 0.445 e. The molecule has 0 spiro atoms. The first-order chi connectivity index (χ1) is 18.0. The highest BCUT2D eigenvalue weighted by molar-refractivity contribution is 6.59. The minimum absolute atomic E-state index is 0.0104. The van der Waals surface area contributed by atoms with E-state index in [1.54, 1.807) is 66.7 Å². The van der Waals surface area contributed by atoms with Crippen LogP contribution in [0.25, 0.3) is 5.53 Å². The molecule has 2 atom stereocenters. The van der Waals surface area contributed by atoms with E-state index < -0.39 is 35.7 Å². The summed E-state index contributed by atoms with van der Waals surface area (Å²) in [4.78, 5) is 53.4. The molecular weight excluding hydrogens is 472 g/mol. The maximum atomic E-state index is 13.3. The lowest BCUT2D eigenvalue weighted by Gasteiger charge is -2.22. The summed E-state index contributed by atoms with van der Waals surface area (Å²) in [6.45, 7) is 0.0104. The van der Waals surface area contributed by atoms with Crippen LogP contribution in [-0.4, -0.2) is 46.7 Å². The number of nitrogens with zero attached hydrogens (tertiary/aromatic N) is 2. The van der Waals surface area contributed by atoms with Gasteiger partial charge in [0.25, 0.3) is 0 Å². The lowest BCUT2D eigenvalue weighted by molar-refractivity contribution is -0.137. The Balaban J connectivity index is 1.77. The number of nitrogens with one attached hydrogen (secondary N) is 2. The van der Waals surface area contributed by atoms with Crippen molar-refractivity contribution in [1.82, 2.24) is 10.6 Å². The Bertz CT molecular complexity index is 1260. The Kier molecular flexibility index (Phi) is 10.0. The van der Waals surface area contributed by atoms with Crippen LogP contribution < -0.4 is 10.6 Å². The van der Waals surface area contributed by atoms with E-state index in [2.05, 4.69) is 15.4 Å². The summed E-state index contributed by atoms with van der Waals surface area (Å²) in [5.41, 5.74) is 10.9. The smallest absolute Gasteiger partial charge is 0.408 e. The van der Waals surface area contributed by atoms with Crippen LogP contribution in [0, 0.1) is 0 Å². The molecule has 2 amide bonds. The average Bonchev–Trinajstić information content (AvgIpc) is 2.92. The zero-order chi connectivity index (χ0) is 26.5. The second-order valence-corrected chi connectivity index (χ2v) is 8.17. The number of hydrogen-bond donors (Lipinski definition) is 2.